The second-order valence-corrected chi connectivity index (χ2v) is 6.32. The number of amides is 1. The molecule has 1 amide bonds. The van der Waals surface area contributed by atoms with E-state index in [9.17, 15) is 13.2 Å². The number of carbonyl (C=O) groups is 1. The number of halogens is 1. The third kappa shape index (κ3) is 2.31. The summed E-state index contributed by atoms with van der Waals surface area (Å²) in [5.74, 6) is -0.547. The highest BCUT2D eigenvalue weighted by atomic mass is 35.5. The van der Waals surface area contributed by atoms with Crippen LogP contribution in [-0.2, 0) is 10.0 Å². The Hall–Kier alpha value is -1.58. The molecule has 0 unspecified atom stereocenters. The fourth-order valence-electron chi connectivity index (χ4n) is 1.97. The standard InChI is InChI=1S/C12H11ClN2O3S/c13-10-6-4-5-9-11(10)19(17,18)15(12(9)16)8-3-1-2-7-14/h4-6H,1-3,8H2. The van der Waals surface area contributed by atoms with E-state index in [1.807, 2.05) is 6.07 Å². The van der Waals surface area contributed by atoms with Gasteiger partial charge in [-0.05, 0) is 25.0 Å². The minimum absolute atomic E-state index is 0.0605. The summed E-state index contributed by atoms with van der Waals surface area (Å²) in [6, 6.07) is 6.43. The van der Waals surface area contributed by atoms with Crippen LogP contribution in [0.2, 0.25) is 5.02 Å². The highest BCUT2D eigenvalue weighted by Gasteiger charge is 2.42. The number of hydrogen-bond acceptors (Lipinski definition) is 4. The number of carbonyl (C=O) groups excluding carboxylic acids is 1. The van der Waals surface area contributed by atoms with E-state index in [1.54, 1.807) is 6.07 Å². The molecular weight excluding hydrogens is 288 g/mol. The molecule has 1 aromatic carbocycles. The van der Waals surface area contributed by atoms with Gasteiger partial charge in [-0.15, -0.1) is 0 Å². The van der Waals surface area contributed by atoms with Gasteiger partial charge in [0.25, 0.3) is 15.9 Å². The molecule has 0 spiro atoms. The van der Waals surface area contributed by atoms with Crippen molar-refractivity contribution in [1.82, 2.24) is 4.31 Å². The van der Waals surface area contributed by atoms with Crippen molar-refractivity contribution < 1.29 is 13.2 Å². The number of nitrogens with zero attached hydrogens (tertiary/aromatic N) is 2. The molecule has 0 bridgehead atoms. The highest BCUT2D eigenvalue weighted by Crippen LogP contribution is 2.35. The van der Waals surface area contributed by atoms with Crippen molar-refractivity contribution in [3.63, 3.8) is 0 Å². The molecule has 1 aliphatic rings. The minimum atomic E-state index is -3.84. The number of fused-ring (bicyclic) bond motifs is 1. The lowest BCUT2D eigenvalue weighted by Gasteiger charge is -2.14. The van der Waals surface area contributed by atoms with Crippen LogP contribution in [0, 0.1) is 11.3 Å². The van der Waals surface area contributed by atoms with Gasteiger partial charge in [0, 0.05) is 13.0 Å². The number of unbranched alkanes of at least 4 members (excludes halogenated alkanes) is 2. The predicted molar refractivity (Wildman–Crippen MR) is 69.1 cm³/mol. The molecule has 1 aliphatic heterocycles. The van der Waals surface area contributed by atoms with Crippen LogP contribution < -0.4 is 0 Å². The molecule has 0 saturated carbocycles. The summed E-state index contributed by atoms with van der Waals surface area (Å²) in [5.41, 5.74) is 0.118. The molecule has 0 atom stereocenters. The van der Waals surface area contributed by atoms with Crippen LogP contribution in [0.4, 0.5) is 0 Å². The Morgan fingerprint density at radius 1 is 1.32 bits per heavy atom. The van der Waals surface area contributed by atoms with Crippen molar-refractivity contribution in [1.29, 1.82) is 5.26 Å². The number of hydrogen-bond donors (Lipinski definition) is 0. The van der Waals surface area contributed by atoms with Gasteiger partial charge in [0.15, 0.2) is 0 Å². The predicted octanol–water partition coefficient (Wildman–Crippen LogP) is 2.18. The monoisotopic (exact) mass is 298 g/mol. The Balaban J connectivity index is 2.29. The van der Waals surface area contributed by atoms with Gasteiger partial charge in [0.1, 0.15) is 4.90 Å². The summed E-state index contributed by atoms with van der Waals surface area (Å²) in [6.45, 7) is 0.0772. The Morgan fingerprint density at radius 3 is 2.68 bits per heavy atom. The van der Waals surface area contributed by atoms with Gasteiger partial charge >= 0.3 is 0 Å². The summed E-state index contributed by atoms with van der Waals surface area (Å²) in [7, 11) is -3.84. The summed E-state index contributed by atoms with van der Waals surface area (Å²) in [4.78, 5) is 11.9. The van der Waals surface area contributed by atoms with Crippen LogP contribution in [-0.4, -0.2) is 25.2 Å². The van der Waals surface area contributed by atoms with Crippen molar-refractivity contribution in [2.24, 2.45) is 0 Å². The fourth-order valence-corrected chi connectivity index (χ4v) is 4.10. The first-order valence-electron chi connectivity index (χ1n) is 5.72. The molecule has 0 fully saturated rings. The van der Waals surface area contributed by atoms with Crippen molar-refractivity contribution in [2.45, 2.75) is 24.2 Å². The zero-order valence-electron chi connectivity index (χ0n) is 9.97. The number of sulfonamides is 1. The molecule has 19 heavy (non-hydrogen) atoms. The molecule has 0 aliphatic carbocycles. The van der Waals surface area contributed by atoms with Crippen LogP contribution in [0.1, 0.15) is 29.6 Å². The Labute approximate surface area is 116 Å². The van der Waals surface area contributed by atoms with Gasteiger partial charge in [-0.25, -0.2) is 12.7 Å². The maximum atomic E-state index is 12.2. The van der Waals surface area contributed by atoms with E-state index < -0.39 is 15.9 Å². The van der Waals surface area contributed by atoms with Crippen LogP contribution in [0.5, 0.6) is 0 Å². The maximum Gasteiger partial charge on any atom is 0.269 e. The van der Waals surface area contributed by atoms with Crippen molar-refractivity contribution in [2.75, 3.05) is 6.54 Å². The van der Waals surface area contributed by atoms with Crippen LogP contribution in [0.25, 0.3) is 0 Å². The lowest BCUT2D eigenvalue weighted by molar-refractivity contribution is 0.0870. The Kier molecular flexibility index (Phi) is 3.78. The lowest BCUT2D eigenvalue weighted by atomic mass is 10.2. The van der Waals surface area contributed by atoms with E-state index in [2.05, 4.69) is 0 Å². The van der Waals surface area contributed by atoms with E-state index >= 15 is 0 Å². The quantitative estimate of drug-likeness (QED) is 0.798. The molecule has 5 nitrogen and oxygen atoms in total. The molecule has 1 aromatic rings. The van der Waals surface area contributed by atoms with E-state index in [1.165, 1.54) is 12.1 Å². The van der Waals surface area contributed by atoms with Gasteiger partial charge in [-0.2, -0.15) is 5.26 Å². The molecule has 0 saturated heterocycles. The van der Waals surface area contributed by atoms with Gasteiger partial charge in [0.05, 0.1) is 16.7 Å². The van der Waals surface area contributed by atoms with Crippen molar-refractivity contribution in [3.05, 3.63) is 28.8 Å². The molecule has 100 valence electrons. The first-order chi connectivity index (χ1) is 9.00. The zero-order valence-corrected chi connectivity index (χ0v) is 11.5. The van der Waals surface area contributed by atoms with Crippen molar-refractivity contribution in [3.8, 4) is 6.07 Å². The van der Waals surface area contributed by atoms with E-state index in [0.29, 0.717) is 19.3 Å². The minimum Gasteiger partial charge on any atom is -0.268 e. The van der Waals surface area contributed by atoms with E-state index in [4.69, 9.17) is 16.9 Å². The molecule has 0 aromatic heterocycles. The van der Waals surface area contributed by atoms with Gasteiger partial charge in [-0.3, -0.25) is 4.79 Å². The lowest BCUT2D eigenvalue weighted by Crippen LogP contribution is -2.31. The third-order valence-electron chi connectivity index (χ3n) is 2.87. The van der Waals surface area contributed by atoms with Crippen molar-refractivity contribution >= 4 is 27.5 Å². The number of nitriles is 1. The average molecular weight is 299 g/mol. The van der Waals surface area contributed by atoms with Gasteiger partial charge < -0.3 is 0 Å². The fraction of sp³-hybridized carbons (Fsp3) is 0.333. The Bertz CT molecular complexity index is 664. The van der Waals surface area contributed by atoms with E-state index in [0.717, 1.165) is 4.31 Å². The molecule has 0 radical (unpaired) electrons. The van der Waals surface area contributed by atoms with Crippen LogP contribution in [0.15, 0.2) is 23.1 Å². The van der Waals surface area contributed by atoms with Crippen LogP contribution in [0.3, 0.4) is 0 Å². The maximum absolute atomic E-state index is 12.2. The summed E-state index contributed by atoms with van der Waals surface area (Å²) < 4.78 is 25.3. The SMILES string of the molecule is N#CCCCCN1C(=O)c2cccc(Cl)c2S1(=O)=O. The zero-order chi connectivity index (χ0) is 14.0. The van der Waals surface area contributed by atoms with Crippen LogP contribution >= 0.6 is 11.6 Å². The second kappa shape index (κ2) is 5.19. The van der Waals surface area contributed by atoms with Gasteiger partial charge in [-0.1, -0.05) is 17.7 Å². The van der Waals surface area contributed by atoms with Gasteiger partial charge in [0.2, 0.25) is 0 Å². The second-order valence-electron chi connectivity index (χ2n) is 4.11. The normalized spacial score (nSPS) is 16.2. The molecule has 2 rings (SSSR count). The smallest absolute Gasteiger partial charge is 0.268 e. The molecule has 0 N–H and O–H groups in total. The molecular formula is C12H11ClN2O3S. The highest BCUT2D eigenvalue weighted by molar-refractivity contribution is 7.90. The third-order valence-corrected chi connectivity index (χ3v) is 5.18. The summed E-state index contributed by atoms with van der Waals surface area (Å²) in [6.07, 6.45) is 1.36. The topological polar surface area (TPSA) is 78.2 Å². The van der Waals surface area contributed by atoms with E-state index in [-0.39, 0.29) is 22.0 Å². The largest absolute Gasteiger partial charge is 0.269 e. The average Bonchev–Trinajstić information content (AvgIpc) is 2.55. The summed E-state index contributed by atoms with van der Waals surface area (Å²) in [5, 5.41) is 8.49. The number of rotatable bonds is 4. The summed E-state index contributed by atoms with van der Waals surface area (Å²) >= 11 is 5.87. The molecule has 1 heterocycles. The number of benzene rings is 1. The first kappa shape index (κ1) is 13.8. The Morgan fingerprint density at radius 2 is 2.05 bits per heavy atom. The first-order valence-corrected chi connectivity index (χ1v) is 7.54. The molecule has 7 heteroatoms.